The topological polar surface area (TPSA) is 136 Å². The Morgan fingerprint density at radius 1 is 1.03 bits per heavy atom. The third-order valence-corrected chi connectivity index (χ3v) is 4.38. The normalized spacial score (nSPS) is 13.7. The van der Waals surface area contributed by atoms with Crippen LogP contribution in [0.1, 0.15) is 43.6 Å². The molecule has 1 aliphatic rings. The summed E-state index contributed by atoms with van der Waals surface area (Å²) in [4.78, 5) is 61.2. The maximum atomic E-state index is 12.8. The summed E-state index contributed by atoms with van der Waals surface area (Å²) in [6, 6.07) is 9.80. The first-order valence-corrected chi connectivity index (χ1v) is 8.60. The van der Waals surface area contributed by atoms with E-state index >= 15 is 0 Å². The molecule has 1 heterocycles. The minimum absolute atomic E-state index is 0.0183. The van der Waals surface area contributed by atoms with Gasteiger partial charge in [0.05, 0.1) is 22.4 Å². The number of esters is 1. The van der Waals surface area contributed by atoms with E-state index in [9.17, 15) is 24.0 Å². The highest BCUT2D eigenvalue weighted by molar-refractivity contribution is 6.34. The molecule has 1 aliphatic heterocycles. The van der Waals surface area contributed by atoms with Crippen molar-refractivity contribution in [3.8, 4) is 0 Å². The molecule has 1 atom stereocenters. The van der Waals surface area contributed by atoms with Gasteiger partial charge in [-0.1, -0.05) is 18.2 Å². The standard InChI is InChI=1S/C20H17N3O6/c1-10-5-3-4-6-15(10)23-17(25)13-8-7-12(9-14(13)18(23)26)19(27)29-11(2)16(24)22-20(21)28/h3-9,11H,1-2H3,(H3,21,22,24,28). The van der Waals surface area contributed by atoms with Crippen molar-refractivity contribution in [3.05, 3.63) is 64.7 Å². The van der Waals surface area contributed by atoms with Crippen LogP contribution in [-0.4, -0.2) is 35.8 Å². The van der Waals surface area contributed by atoms with Gasteiger partial charge >= 0.3 is 12.0 Å². The summed E-state index contributed by atoms with van der Waals surface area (Å²) in [5, 5.41) is 1.80. The number of para-hydroxylation sites is 1. The summed E-state index contributed by atoms with van der Waals surface area (Å²) < 4.78 is 4.98. The van der Waals surface area contributed by atoms with Crippen molar-refractivity contribution in [1.29, 1.82) is 0 Å². The monoisotopic (exact) mass is 395 g/mol. The molecule has 0 spiro atoms. The molecule has 0 radical (unpaired) electrons. The number of nitrogens with two attached hydrogens (primary N) is 1. The van der Waals surface area contributed by atoms with E-state index in [1.165, 1.54) is 25.1 Å². The quantitative estimate of drug-likeness (QED) is 0.595. The van der Waals surface area contributed by atoms with Crippen LogP contribution in [0.4, 0.5) is 10.5 Å². The van der Waals surface area contributed by atoms with Gasteiger partial charge in [-0.15, -0.1) is 0 Å². The van der Waals surface area contributed by atoms with Crippen LogP contribution in [0.2, 0.25) is 0 Å². The lowest BCUT2D eigenvalue weighted by molar-refractivity contribution is -0.127. The van der Waals surface area contributed by atoms with Crippen molar-refractivity contribution >= 4 is 35.4 Å². The van der Waals surface area contributed by atoms with Crippen LogP contribution in [0, 0.1) is 6.92 Å². The summed E-state index contributed by atoms with van der Waals surface area (Å²) in [7, 11) is 0. The average molecular weight is 395 g/mol. The summed E-state index contributed by atoms with van der Waals surface area (Å²) in [5.74, 6) is -2.83. The van der Waals surface area contributed by atoms with Gasteiger partial charge < -0.3 is 10.5 Å². The molecule has 0 aliphatic carbocycles. The van der Waals surface area contributed by atoms with Gasteiger partial charge in [0.15, 0.2) is 6.10 Å². The van der Waals surface area contributed by atoms with Gasteiger partial charge in [0.1, 0.15) is 0 Å². The molecule has 0 bridgehead atoms. The molecule has 148 valence electrons. The van der Waals surface area contributed by atoms with Crippen molar-refractivity contribution in [2.24, 2.45) is 5.73 Å². The fraction of sp³-hybridized carbons (Fsp3) is 0.150. The number of ether oxygens (including phenoxy) is 1. The summed E-state index contributed by atoms with van der Waals surface area (Å²) >= 11 is 0. The molecule has 0 fully saturated rings. The largest absolute Gasteiger partial charge is 0.449 e. The fourth-order valence-electron chi connectivity index (χ4n) is 2.91. The van der Waals surface area contributed by atoms with E-state index in [0.717, 1.165) is 10.5 Å². The zero-order chi connectivity index (χ0) is 21.3. The number of fused-ring (bicyclic) bond motifs is 1. The van der Waals surface area contributed by atoms with Gasteiger partial charge in [-0.3, -0.25) is 19.7 Å². The Morgan fingerprint density at radius 2 is 1.69 bits per heavy atom. The SMILES string of the molecule is Cc1ccccc1N1C(=O)c2ccc(C(=O)OC(C)C(=O)NC(N)=O)cc2C1=O. The van der Waals surface area contributed by atoms with Crippen LogP contribution < -0.4 is 16.0 Å². The number of amides is 5. The van der Waals surface area contributed by atoms with Crippen LogP contribution in [0.25, 0.3) is 0 Å². The molecule has 0 saturated heterocycles. The zero-order valence-electron chi connectivity index (χ0n) is 15.6. The number of hydrogen-bond donors (Lipinski definition) is 2. The highest BCUT2D eigenvalue weighted by Crippen LogP contribution is 2.31. The third-order valence-electron chi connectivity index (χ3n) is 4.38. The Labute approximate surface area is 165 Å². The van der Waals surface area contributed by atoms with Gasteiger partial charge in [0.25, 0.3) is 17.7 Å². The number of nitrogens with one attached hydrogen (secondary N) is 1. The number of imide groups is 2. The van der Waals surface area contributed by atoms with Gasteiger partial charge in [0.2, 0.25) is 0 Å². The zero-order valence-corrected chi connectivity index (χ0v) is 15.6. The van der Waals surface area contributed by atoms with Crippen LogP contribution in [0.5, 0.6) is 0 Å². The third kappa shape index (κ3) is 3.70. The number of nitrogens with zero attached hydrogens (tertiary/aromatic N) is 1. The molecule has 3 rings (SSSR count). The van der Waals surface area contributed by atoms with E-state index in [0.29, 0.717) is 5.69 Å². The number of hydrogen-bond acceptors (Lipinski definition) is 6. The molecule has 0 saturated carbocycles. The van der Waals surface area contributed by atoms with Crippen molar-refractivity contribution < 1.29 is 28.7 Å². The van der Waals surface area contributed by atoms with E-state index < -0.39 is 35.8 Å². The summed E-state index contributed by atoms with van der Waals surface area (Å²) in [5.41, 5.74) is 6.25. The van der Waals surface area contributed by atoms with E-state index in [1.807, 2.05) is 0 Å². The maximum Gasteiger partial charge on any atom is 0.338 e. The first-order chi connectivity index (χ1) is 13.7. The predicted molar refractivity (Wildman–Crippen MR) is 101 cm³/mol. The Kier molecular flexibility index (Phi) is 5.14. The number of aryl methyl sites for hydroxylation is 1. The molecule has 9 nitrogen and oxygen atoms in total. The van der Waals surface area contributed by atoms with Crippen LogP contribution >= 0.6 is 0 Å². The lowest BCUT2D eigenvalue weighted by Crippen LogP contribution is -2.42. The predicted octanol–water partition coefficient (Wildman–Crippen LogP) is 1.54. The molecular weight excluding hydrogens is 378 g/mol. The molecule has 9 heteroatoms. The molecule has 5 amide bonds. The van der Waals surface area contributed by atoms with Crippen molar-refractivity contribution in [2.45, 2.75) is 20.0 Å². The minimum atomic E-state index is -1.29. The Morgan fingerprint density at radius 3 is 2.34 bits per heavy atom. The highest BCUT2D eigenvalue weighted by Gasteiger charge is 2.38. The van der Waals surface area contributed by atoms with Gasteiger partial charge in [-0.25, -0.2) is 14.5 Å². The average Bonchev–Trinajstić information content (AvgIpc) is 2.92. The highest BCUT2D eigenvalue weighted by atomic mass is 16.5. The van der Waals surface area contributed by atoms with Crippen molar-refractivity contribution in [2.75, 3.05) is 4.90 Å². The fourth-order valence-corrected chi connectivity index (χ4v) is 2.91. The number of urea groups is 1. The maximum absolute atomic E-state index is 12.8. The van der Waals surface area contributed by atoms with Gasteiger partial charge in [0, 0.05) is 0 Å². The van der Waals surface area contributed by atoms with E-state index in [1.54, 1.807) is 36.5 Å². The smallest absolute Gasteiger partial charge is 0.338 e. The first kappa shape index (κ1) is 19.7. The molecule has 2 aromatic rings. The van der Waals surface area contributed by atoms with E-state index in [4.69, 9.17) is 10.5 Å². The molecule has 2 aromatic carbocycles. The summed E-state index contributed by atoms with van der Waals surface area (Å²) in [6.45, 7) is 3.04. The molecule has 29 heavy (non-hydrogen) atoms. The first-order valence-electron chi connectivity index (χ1n) is 8.60. The number of anilines is 1. The van der Waals surface area contributed by atoms with Gasteiger partial charge in [-0.2, -0.15) is 0 Å². The Balaban J connectivity index is 1.85. The van der Waals surface area contributed by atoms with Crippen molar-refractivity contribution in [1.82, 2.24) is 5.32 Å². The molecular formula is C20H17N3O6. The second-order valence-corrected chi connectivity index (χ2v) is 6.39. The second-order valence-electron chi connectivity index (χ2n) is 6.39. The minimum Gasteiger partial charge on any atom is -0.449 e. The van der Waals surface area contributed by atoms with E-state index in [-0.39, 0.29) is 16.7 Å². The number of primary amides is 1. The van der Waals surface area contributed by atoms with Crippen LogP contribution in [0.15, 0.2) is 42.5 Å². The van der Waals surface area contributed by atoms with Crippen LogP contribution in [0.3, 0.4) is 0 Å². The Bertz CT molecular complexity index is 1060. The number of carbonyl (C=O) groups is 5. The van der Waals surface area contributed by atoms with Gasteiger partial charge in [-0.05, 0) is 43.7 Å². The number of carbonyl (C=O) groups excluding carboxylic acids is 5. The lowest BCUT2D eigenvalue weighted by atomic mass is 10.1. The molecule has 0 aromatic heterocycles. The molecule has 3 N–H and O–H groups in total. The number of benzene rings is 2. The van der Waals surface area contributed by atoms with Crippen molar-refractivity contribution in [3.63, 3.8) is 0 Å². The molecule has 1 unspecified atom stereocenters. The van der Waals surface area contributed by atoms with E-state index in [2.05, 4.69) is 0 Å². The van der Waals surface area contributed by atoms with Crippen LogP contribution in [-0.2, 0) is 9.53 Å². The summed E-state index contributed by atoms with van der Waals surface area (Å²) in [6.07, 6.45) is -1.29. The lowest BCUT2D eigenvalue weighted by Gasteiger charge is -2.16. The second kappa shape index (κ2) is 7.55. The number of rotatable bonds is 4. The Hall–Kier alpha value is -4.01.